The number of thiazole rings is 1. The molecule has 6 nitrogen and oxygen atoms in total. The number of hydrogen-bond donors (Lipinski definition) is 2. The Balaban J connectivity index is 1.47. The van der Waals surface area contributed by atoms with Crippen molar-refractivity contribution in [1.82, 2.24) is 10.3 Å². The topological polar surface area (TPSA) is 88.5 Å². The fourth-order valence-corrected chi connectivity index (χ4v) is 4.67. The summed E-state index contributed by atoms with van der Waals surface area (Å²) in [6, 6.07) is 25.4. The number of amides is 1. The highest BCUT2D eigenvalue weighted by atomic mass is 32.1. The summed E-state index contributed by atoms with van der Waals surface area (Å²) in [7, 11) is 1.65. The third-order valence-electron chi connectivity index (χ3n) is 5.67. The number of carboxylic acid groups (broad SMARTS) is 1. The van der Waals surface area contributed by atoms with Gasteiger partial charge in [0, 0.05) is 10.9 Å². The van der Waals surface area contributed by atoms with E-state index < -0.39 is 11.9 Å². The molecule has 0 spiro atoms. The van der Waals surface area contributed by atoms with Gasteiger partial charge in [-0.1, -0.05) is 66.7 Å². The van der Waals surface area contributed by atoms with E-state index in [9.17, 15) is 14.7 Å². The number of aromatic nitrogens is 1. The monoisotopic (exact) mass is 486 g/mol. The molecule has 2 N–H and O–H groups in total. The van der Waals surface area contributed by atoms with E-state index in [1.165, 1.54) is 11.3 Å². The van der Waals surface area contributed by atoms with E-state index in [0.29, 0.717) is 6.42 Å². The van der Waals surface area contributed by atoms with Crippen molar-refractivity contribution in [3.63, 3.8) is 0 Å². The van der Waals surface area contributed by atoms with Crippen molar-refractivity contribution in [2.45, 2.75) is 19.4 Å². The smallest absolute Gasteiger partial charge is 0.304 e. The summed E-state index contributed by atoms with van der Waals surface area (Å²) in [6.45, 7) is 0.246. The first-order valence-electron chi connectivity index (χ1n) is 11.2. The second kappa shape index (κ2) is 11.4. The van der Waals surface area contributed by atoms with Crippen molar-refractivity contribution < 1.29 is 19.4 Å². The number of ether oxygens (including phenoxy) is 1. The highest BCUT2D eigenvalue weighted by Crippen LogP contribution is 2.34. The molecule has 0 aliphatic heterocycles. The largest absolute Gasteiger partial charge is 0.497 e. The lowest BCUT2D eigenvalue weighted by molar-refractivity contribution is -0.141. The maximum atomic E-state index is 12.8. The zero-order valence-electron chi connectivity index (χ0n) is 19.3. The molecular formula is C28H26N2O4S. The van der Waals surface area contributed by atoms with Crippen molar-refractivity contribution >= 4 is 23.2 Å². The second-order valence-electron chi connectivity index (χ2n) is 8.11. The van der Waals surface area contributed by atoms with Gasteiger partial charge in [0.1, 0.15) is 10.8 Å². The summed E-state index contributed by atoms with van der Waals surface area (Å²) < 4.78 is 5.37. The number of carbonyl (C=O) groups excluding carboxylic acids is 1. The summed E-state index contributed by atoms with van der Waals surface area (Å²) in [5.41, 5.74) is 4.81. The number of nitrogens with one attached hydrogen (secondary N) is 1. The standard InChI is InChI=1S/C28H26N2O4S/c1-34-22-11-7-10-20(15-22)23-12-5-6-13-24(23)25-18-35-26(30-25)17-29-28(33)21(16-27(31)32)14-19-8-3-2-4-9-19/h2-13,15,18,21H,14,16-17H2,1H3,(H,29,33)(H,31,32)/t21-/m1/s1. The van der Waals surface area contributed by atoms with Crippen LogP contribution < -0.4 is 10.1 Å². The molecule has 35 heavy (non-hydrogen) atoms. The van der Waals surface area contributed by atoms with Gasteiger partial charge in [-0.05, 0) is 35.2 Å². The molecule has 0 bridgehead atoms. The van der Waals surface area contributed by atoms with Crippen LogP contribution in [0.2, 0.25) is 0 Å². The van der Waals surface area contributed by atoms with Crippen LogP contribution in [-0.2, 0) is 22.6 Å². The highest BCUT2D eigenvalue weighted by Gasteiger charge is 2.22. The summed E-state index contributed by atoms with van der Waals surface area (Å²) >= 11 is 1.46. The van der Waals surface area contributed by atoms with Crippen LogP contribution in [-0.4, -0.2) is 29.1 Å². The number of hydrogen-bond acceptors (Lipinski definition) is 5. The molecule has 0 radical (unpaired) electrons. The Labute approximate surface area is 208 Å². The minimum absolute atomic E-state index is 0.224. The summed E-state index contributed by atoms with van der Waals surface area (Å²) in [5.74, 6) is -1.15. The van der Waals surface area contributed by atoms with E-state index in [0.717, 1.165) is 38.7 Å². The molecule has 1 atom stereocenters. The quantitative estimate of drug-likeness (QED) is 0.312. The van der Waals surface area contributed by atoms with Crippen LogP contribution in [0.1, 0.15) is 17.0 Å². The number of aliphatic carboxylic acids is 1. The Morgan fingerprint density at radius 1 is 1.00 bits per heavy atom. The first-order chi connectivity index (χ1) is 17.0. The number of methoxy groups -OCH3 is 1. The molecule has 1 aromatic heterocycles. The fraction of sp³-hybridized carbons (Fsp3) is 0.179. The molecule has 0 saturated heterocycles. The molecule has 0 aliphatic carbocycles. The van der Waals surface area contributed by atoms with Gasteiger partial charge < -0.3 is 15.2 Å². The SMILES string of the molecule is COc1cccc(-c2ccccc2-c2csc(CNC(=O)[C@@H](CC(=O)O)Cc3ccccc3)n2)c1. The lowest BCUT2D eigenvalue weighted by Gasteiger charge is -2.14. The molecule has 4 rings (SSSR count). The van der Waals surface area contributed by atoms with Crippen molar-refractivity contribution in [3.8, 4) is 28.1 Å². The van der Waals surface area contributed by atoms with Crippen LogP contribution in [0.5, 0.6) is 5.75 Å². The van der Waals surface area contributed by atoms with Crippen LogP contribution in [0.25, 0.3) is 22.4 Å². The molecule has 0 aliphatic rings. The van der Waals surface area contributed by atoms with Gasteiger partial charge in [0.2, 0.25) is 5.91 Å². The summed E-state index contributed by atoms with van der Waals surface area (Å²) in [6.07, 6.45) is 0.147. The summed E-state index contributed by atoms with van der Waals surface area (Å²) in [4.78, 5) is 28.9. The van der Waals surface area contributed by atoms with Gasteiger partial charge in [-0.2, -0.15) is 0 Å². The molecule has 0 saturated carbocycles. The molecule has 1 amide bonds. The number of rotatable bonds is 10. The molecule has 7 heteroatoms. The van der Waals surface area contributed by atoms with Crippen molar-refractivity contribution in [2.24, 2.45) is 5.92 Å². The Bertz CT molecular complexity index is 1300. The number of nitrogens with zero attached hydrogens (tertiary/aromatic N) is 1. The number of carbonyl (C=O) groups is 2. The number of benzene rings is 3. The van der Waals surface area contributed by atoms with Gasteiger partial charge in [-0.25, -0.2) is 4.98 Å². The molecule has 3 aromatic carbocycles. The normalized spacial score (nSPS) is 11.6. The fourth-order valence-electron chi connectivity index (χ4n) is 3.94. The van der Waals surface area contributed by atoms with Crippen LogP contribution in [0.3, 0.4) is 0 Å². The van der Waals surface area contributed by atoms with Crippen molar-refractivity contribution in [2.75, 3.05) is 7.11 Å². The van der Waals surface area contributed by atoms with Crippen LogP contribution in [0.15, 0.2) is 84.2 Å². The molecule has 1 heterocycles. The van der Waals surface area contributed by atoms with E-state index >= 15 is 0 Å². The van der Waals surface area contributed by atoms with Crippen LogP contribution >= 0.6 is 11.3 Å². The molecule has 0 fully saturated rings. The van der Waals surface area contributed by atoms with Crippen LogP contribution in [0.4, 0.5) is 0 Å². The third kappa shape index (κ3) is 6.33. The Kier molecular flexibility index (Phi) is 7.90. The van der Waals surface area contributed by atoms with Gasteiger partial charge >= 0.3 is 5.97 Å². The maximum absolute atomic E-state index is 12.8. The Morgan fingerprint density at radius 3 is 2.49 bits per heavy atom. The van der Waals surface area contributed by atoms with E-state index in [4.69, 9.17) is 9.72 Å². The maximum Gasteiger partial charge on any atom is 0.304 e. The van der Waals surface area contributed by atoms with E-state index in [1.807, 2.05) is 84.2 Å². The van der Waals surface area contributed by atoms with Gasteiger partial charge in [0.15, 0.2) is 0 Å². The van der Waals surface area contributed by atoms with Crippen molar-refractivity contribution in [1.29, 1.82) is 0 Å². The average Bonchev–Trinajstić information content (AvgIpc) is 3.36. The van der Waals surface area contributed by atoms with E-state index in [2.05, 4.69) is 5.32 Å². The second-order valence-corrected chi connectivity index (χ2v) is 9.05. The molecule has 4 aromatic rings. The van der Waals surface area contributed by atoms with Crippen LogP contribution in [0, 0.1) is 5.92 Å². The van der Waals surface area contributed by atoms with Crippen molar-refractivity contribution in [3.05, 3.63) is 94.8 Å². The lowest BCUT2D eigenvalue weighted by atomic mass is 9.95. The zero-order valence-corrected chi connectivity index (χ0v) is 20.1. The molecule has 0 unspecified atom stereocenters. The zero-order chi connectivity index (χ0) is 24.6. The first-order valence-corrected chi connectivity index (χ1v) is 12.1. The lowest BCUT2D eigenvalue weighted by Crippen LogP contribution is -2.33. The minimum atomic E-state index is -0.994. The predicted molar refractivity (Wildman–Crippen MR) is 137 cm³/mol. The van der Waals surface area contributed by atoms with Gasteiger partial charge in [0.25, 0.3) is 0 Å². The third-order valence-corrected chi connectivity index (χ3v) is 6.51. The Hall–Kier alpha value is -3.97. The molecule has 178 valence electrons. The van der Waals surface area contributed by atoms with E-state index in [-0.39, 0.29) is 18.9 Å². The first kappa shape index (κ1) is 24.2. The number of carboxylic acids is 1. The van der Waals surface area contributed by atoms with E-state index in [1.54, 1.807) is 7.11 Å². The van der Waals surface area contributed by atoms with Gasteiger partial charge in [0.05, 0.1) is 31.7 Å². The van der Waals surface area contributed by atoms with Gasteiger partial charge in [-0.15, -0.1) is 11.3 Å². The highest BCUT2D eigenvalue weighted by molar-refractivity contribution is 7.09. The Morgan fingerprint density at radius 2 is 1.74 bits per heavy atom. The van der Waals surface area contributed by atoms with Gasteiger partial charge in [-0.3, -0.25) is 9.59 Å². The average molecular weight is 487 g/mol. The summed E-state index contributed by atoms with van der Waals surface area (Å²) in [5, 5.41) is 14.9. The molecular weight excluding hydrogens is 460 g/mol. The minimum Gasteiger partial charge on any atom is -0.497 e. The predicted octanol–water partition coefficient (Wildman–Crippen LogP) is 5.44.